The van der Waals surface area contributed by atoms with Gasteiger partial charge in [0.2, 0.25) is 0 Å². The molecule has 6 heteroatoms. The molecular weight excluding hydrogens is 248 g/mol. The summed E-state index contributed by atoms with van der Waals surface area (Å²) in [4.78, 5) is 20.9. The van der Waals surface area contributed by atoms with Crippen molar-refractivity contribution in [3.63, 3.8) is 0 Å². The van der Waals surface area contributed by atoms with Gasteiger partial charge in [-0.05, 0) is 24.5 Å². The summed E-state index contributed by atoms with van der Waals surface area (Å²) in [7, 11) is 0. The Balaban J connectivity index is 2.77. The monoisotopic (exact) mass is 266 g/mol. The SMILES string of the molecule is CC(C)CC(O)CNc1ccc(C=O)cc1[N+](=O)[O-]. The number of nitro groups is 1. The van der Waals surface area contributed by atoms with Gasteiger partial charge in [-0.3, -0.25) is 14.9 Å². The van der Waals surface area contributed by atoms with Crippen LogP contribution in [0.1, 0.15) is 30.6 Å². The number of nitrogens with one attached hydrogen (secondary N) is 1. The van der Waals surface area contributed by atoms with Gasteiger partial charge in [0.15, 0.2) is 0 Å². The Morgan fingerprint density at radius 2 is 2.16 bits per heavy atom. The van der Waals surface area contributed by atoms with E-state index in [4.69, 9.17) is 0 Å². The van der Waals surface area contributed by atoms with Crippen LogP contribution in [0.15, 0.2) is 18.2 Å². The molecule has 0 aliphatic rings. The van der Waals surface area contributed by atoms with Crippen molar-refractivity contribution in [1.29, 1.82) is 0 Å². The molecule has 104 valence electrons. The molecule has 6 nitrogen and oxygen atoms in total. The molecule has 1 aromatic rings. The predicted molar refractivity (Wildman–Crippen MR) is 72.4 cm³/mol. The Morgan fingerprint density at radius 3 is 2.68 bits per heavy atom. The van der Waals surface area contributed by atoms with Crippen molar-refractivity contribution in [2.45, 2.75) is 26.4 Å². The zero-order chi connectivity index (χ0) is 14.4. The number of nitrogens with zero attached hydrogens (tertiary/aromatic N) is 1. The molecule has 0 amide bonds. The second kappa shape index (κ2) is 6.84. The van der Waals surface area contributed by atoms with Crippen molar-refractivity contribution < 1.29 is 14.8 Å². The van der Waals surface area contributed by atoms with Crippen molar-refractivity contribution in [2.24, 2.45) is 5.92 Å². The normalized spacial score (nSPS) is 12.2. The second-order valence-electron chi connectivity index (χ2n) is 4.82. The van der Waals surface area contributed by atoms with Crippen LogP contribution >= 0.6 is 0 Å². The molecule has 0 heterocycles. The van der Waals surface area contributed by atoms with Gasteiger partial charge in [0.1, 0.15) is 12.0 Å². The molecule has 1 rings (SSSR count). The maximum Gasteiger partial charge on any atom is 0.293 e. The molecule has 19 heavy (non-hydrogen) atoms. The van der Waals surface area contributed by atoms with Crippen LogP contribution in [0.5, 0.6) is 0 Å². The van der Waals surface area contributed by atoms with Crippen molar-refractivity contribution in [2.75, 3.05) is 11.9 Å². The van der Waals surface area contributed by atoms with Gasteiger partial charge in [0, 0.05) is 18.2 Å². The summed E-state index contributed by atoms with van der Waals surface area (Å²) in [6, 6.07) is 4.19. The number of hydrogen-bond acceptors (Lipinski definition) is 5. The summed E-state index contributed by atoms with van der Waals surface area (Å²) in [6.45, 7) is 4.22. The van der Waals surface area contributed by atoms with Gasteiger partial charge in [0.25, 0.3) is 5.69 Å². The minimum absolute atomic E-state index is 0.165. The maximum absolute atomic E-state index is 10.9. The van der Waals surface area contributed by atoms with Gasteiger partial charge >= 0.3 is 0 Å². The van der Waals surface area contributed by atoms with E-state index in [1.165, 1.54) is 18.2 Å². The second-order valence-corrected chi connectivity index (χ2v) is 4.82. The first-order valence-corrected chi connectivity index (χ1v) is 6.09. The first-order valence-electron chi connectivity index (χ1n) is 6.09. The Hall–Kier alpha value is -1.95. The van der Waals surface area contributed by atoms with Crippen molar-refractivity contribution in [3.8, 4) is 0 Å². The lowest BCUT2D eigenvalue weighted by Gasteiger charge is -2.14. The predicted octanol–water partition coefficient (Wildman–Crippen LogP) is 2.23. The fraction of sp³-hybridized carbons (Fsp3) is 0.462. The summed E-state index contributed by atoms with van der Waals surface area (Å²) in [6.07, 6.45) is 0.614. The maximum atomic E-state index is 10.9. The number of hydrogen-bond donors (Lipinski definition) is 2. The highest BCUT2D eigenvalue weighted by Gasteiger charge is 2.15. The van der Waals surface area contributed by atoms with Gasteiger partial charge in [-0.25, -0.2) is 0 Å². The summed E-state index contributed by atoms with van der Waals surface area (Å²) in [5.74, 6) is 0.351. The highest BCUT2D eigenvalue weighted by molar-refractivity contribution is 5.79. The minimum Gasteiger partial charge on any atom is -0.391 e. The Morgan fingerprint density at radius 1 is 1.47 bits per heavy atom. The van der Waals surface area contributed by atoms with E-state index in [-0.39, 0.29) is 17.8 Å². The molecule has 0 saturated heterocycles. The van der Waals surface area contributed by atoms with E-state index in [0.29, 0.717) is 24.3 Å². The molecule has 2 N–H and O–H groups in total. The highest BCUT2D eigenvalue weighted by Crippen LogP contribution is 2.25. The largest absolute Gasteiger partial charge is 0.391 e. The smallest absolute Gasteiger partial charge is 0.293 e. The number of aliphatic hydroxyl groups is 1. The number of anilines is 1. The number of rotatable bonds is 7. The lowest BCUT2D eigenvalue weighted by atomic mass is 10.1. The molecule has 1 aromatic carbocycles. The molecular formula is C13H18N2O4. The van der Waals surface area contributed by atoms with Crippen molar-refractivity contribution in [1.82, 2.24) is 0 Å². The number of carbonyl (C=O) groups is 1. The van der Waals surface area contributed by atoms with Crippen molar-refractivity contribution >= 4 is 17.7 Å². The van der Waals surface area contributed by atoms with Gasteiger partial charge in [-0.2, -0.15) is 0 Å². The molecule has 0 spiro atoms. The molecule has 0 aliphatic carbocycles. The number of benzene rings is 1. The topological polar surface area (TPSA) is 92.5 Å². The molecule has 1 unspecified atom stereocenters. The summed E-state index contributed by atoms with van der Waals surface area (Å²) >= 11 is 0. The first-order chi connectivity index (χ1) is 8.93. The Bertz CT molecular complexity index is 460. The zero-order valence-corrected chi connectivity index (χ0v) is 11.0. The molecule has 0 fully saturated rings. The first kappa shape index (κ1) is 15.1. The zero-order valence-electron chi connectivity index (χ0n) is 11.0. The van der Waals surface area contributed by atoms with Gasteiger partial charge in [-0.15, -0.1) is 0 Å². The average molecular weight is 266 g/mol. The number of nitro benzene ring substituents is 1. The summed E-state index contributed by atoms with van der Waals surface area (Å²) in [5.41, 5.74) is 0.389. The van der Waals surface area contributed by atoms with Gasteiger partial charge in [-0.1, -0.05) is 13.8 Å². The Kier molecular flexibility index (Phi) is 5.44. The lowest BCUT2D eigenvalue weighted by Crippen LogP contribution is -2.21. The molecule has 0 bridgehead atoms. The molecule has 0 radical (unpaired) electrons. The van der Waals surface area contributed by atoms with Gasteiger partial charge < -0.3 is 10.4 Å². The summed E-state index contributed by atoms with van der Waals surface area (Å²) < 4.78 is 0. The van der Waals surface area contributed by atoms with E-state index in [9.17, 15) is 20.0 Å². The third kappa shape index (κ3) is 4.67. The van der Waals surface area contributed by atoms with Gasteiger partial charge in [0.05, 0.1) is 11.0 Å². The number of aliphatic hydroxyl groups excluding tert-OH is 1. The third-order valence-electron chi connectivity index (χ3n) is 2.63. The summed E-state index contributed by atoms with van der Waals surface area (Å²) in [5, 5.41) is 23.5. The minimum atomic E-state index is -0.564. The number of aldehydes is 1. The molecule has 0 aromatic heterocycles. The van der Waals surface area contributed by atoms with Crippen LogP contribution < -0.4 is 5.32 Å². The van der Waals surface area contributed by atoms with E-state index < -0.39 is 11.0 Å². The standard InChI is InChI=1S/C13H18N2O4/c1-9(2)5-11(17)7-14-12-4-3-10(8-16)6-13(12)15(18)19/h3-4,6,8-9,11,14,17H,5,7H2,1-2H3. The fourth-order valence-corrected chi connectivity index (χ4v) is 1.78. The quantitative estimate of drug-likeness (QED) is 0.448. The van der Waals surface area contributed by atoms with E-state index in [1.807, 2.05) is 13.8 Å². The highest BCUT2D eigenvalue weighted by atomic mass is 16.6. The van der Waals surface area contributed by atoms with Crippen LogP contribution in [0.3, 0.4) is 0 Å². The van der Waals surface area contributed by atoms with Crippen LogP contribution in [0.4, 0.5) is 11.4 Å². The third-order valence-corrected chi connectivity index (χ3v) is 2.63. The van der Waals surface area contributed by atoms with Crippen LogP contribution in [0, 0.1) is 16.0 Å². The molecule has 0 saturated carbocycles. The fourth-order valence-electron chi connectivity index (χ4n) is 1.78. The van der Waals surface area contributed by atoms with Crippen molar-refractivity contribution in [3.05, 3.63) is 33.9 Å². The lowest BCUT2D eigenvalue weighted by molar-refractivity contribution is -0.384. The van der Waals surface area contributed by atoms with Crippen LogP contribution in [0.25, 0.3) is 0 Å². The molecule has 0 aliphatic heterocycles. The van der Waals surface area contributed by atoms with Crippen LogP contribution in [-0.2, 0) is 0 Å². The van der Waals surface area contributed by atoms with Crippen LogP contribution in [-0.4, -0.2) is 29.0 Å². The molecule has 1 atom stereocenters. The van der Waals surface area contributed by atoms with E-state index in [0.717, 1.165) is 0 Å². The van der Waals surface area contributed by atoms with E-state index >= 15 is 0 Å². The average Bonchev–Trinajstić information content (AvgIpc) is 2.35. The van der Waals surface area contributed by atoms with E-state index in [2.05, 4.69) is 5.32 Å². The van der Waals surface area contributed by atoms with E-state index in [1.54, 1.807) is 0 Å². The Labute approximate surface area is 111 Å². The number of carbonyl (C=O) groups excluding carboxylic acids is 1. The van der Waals surface area contributed by atoms with Crippen LogP contribution in [0.2, 0.25) is 0 Å².